The second kappa shape index (κ2) is 7.95. The molecule has 0 aromatic rings. The van der Waals surface area contributed by atoms with Gasteiger partial charge in [-0.25, -0.2) is 0 Å². The molecule has 0 saturated carbocycles. The first-order chi connectivity index (χ1) is 10.5. The summed E-state index contributed by atoms with van der Waals surface area (Å²) in [6, 6.07) is 0. The van der Waals surface area contributed by atoms with Gasteiger partial charge < -0.3 is 9.64 Å². The lowest BCUT2D eigenvalue weighted by molar-refractivity contribution is -0.151. The predicted molar refractivity (Wildman–Crippen MR) is 85.3 cm³/mol. The average Bonchev–Trinajstić information content (AvgIpc) is 2.46. The van der Waals surface area contributed by atoms with Crippen LogP contribution in [0.5, 0.6) is 0 Å². The van der Waals surface area contributed by atoms with Crippen molar-refractivity contribution in [2.45, 2.75) is 40.0 Å². The van der Waals surface area contributed by atoms with Gasteiger partial charge in [0.15, 0.2) is 0 Å². The summed E-state index contributed by atoms with van der Waals surface area (Å²) in [6.45, 7) is 10.5. The number of carbonyl (C=O) groups is 2. The maximum Gasteiger partial charge on any atom is 0.310 e. The topological polar surface area (TPSA) is 49.9 Å². The van der Waals surface area contributed by atoms with Gasteiger partial charge in [-0.2, -0.15) is 0 Å². The maximum atomic E-state index is 12.5. The summed E-state index contributed by atoms with van der Waals surface area (Å²) in [5.74, 6) is 1.18. The summed E-state index contributed by atoms with van der Waals surface area (Å²) in [5, 5.41) is 0. The van der Waals surface area contributed by atoms with Gasteiger partial charge in [0.25, 0.3) is 0 Å². The quantitative estimate of drug-likeness (QED) is 0.743. The fourth-order valence-electron chi connectivity index (χ4n) is 3.87. The fraction of sp³-hybridized carbons (Fsp3) is 0.882. The second-order valence-electron chi connectivity index (χ2n) is 7.07. The first-order valence-corrected chi connectivity index (χ1v) is 8.66. The Kier molecular flexibility index (Phi) is 6.24. The number of carbonyl (C=O) groups excluding carboxylic acids is 2. The Morgan fingerprint density at radius 2 is 1.82 bits per heavy atom. The van der Waals surface area contributed by atoms with Gasteiger partial charge >= 0.3 is 5.97 Å². The van der Waals surface area contributed by atoms with Gasteiger partial charge in [-0.15, -0.1) is 0 Å². The molecule has 5 heteroatoms. The van der Waals surface area contributed by atoms with Gasteiger partial charge in [-0.05, 0) is 38.0 Å². The van der Waals surface area contributed by atoms with E-state index in [4.69, 9.17) is 4.74 Å². The van der Waals surface area contributed by atoms with Crippen molar-refractivity contribution in [3.8, 4) is 0 Å². The molecule has 126 valence electrons. The number of ether oxygens (including phenoxy) is 1. The van der Waals surface area contributed by atoms with Crippen molar-refractivity contribution < 1.29 is 14.3 Å². The van der Waals surface area contributed by atoms with Crippen LogP contribution in [0.15, 0.2) is 0 Å². The highest BCUT2D eigenvalue weighted by Crippen LogP contribution is 2.22. The SMILES string of the molecule is CCOC(=O)C1CCCN(C(=O)CN2CC(C)CC(C)C2)C1. The van der Waals surface area contributed by atoms with Crippen LogP contribution in [0.4, 0.5) is 0 Å². The van der Waals surface area contributed by atoms with E-state index in [1.54, 1.807) is 0 Å². The van der Waals surface area contributed by atoms with E-state index in [1.807, 2.05) is 11.8 Å². The van der Waals surface area contributed by atoms with E-state index >= 15 is 0 Å². The molecule has 0 radical (unpaired) electrons. The van der Waals surface area contributed by atoms with Gasteiger partial charge in [-0.1, -0.05) is 13.8 Å². The highest BCUT2D eigenvalue weighted by molar-refractivity contribution is 5.80. The molecule has 0 N–H and O–H groups in total. The third kappa shape index (κ3) is 4.70. The van der Waals surface area contributed by atoms with Crippen LogP contribution in [0.25, 0.3) is 0 Å². The molecule has 0 spiro atoms. The molecule has 0 bridgehead atoms. The van der Waals surface area contributed by atoms with Crippen molar-refractivity contribution in [2.75, 3.05) is 39.3 Å². The summed E-state index contributed by atoms with van der Waals surface area (Å²) < 4.78 is 5.10. The van der Waals surface area contributed by atoms with Crippen LogP contribution in [-0.2, 0) is 14.3 Å². The van der Waals surface area contributed by atoms with Crippen LogP contribution < -0.4 is 0 Å². The molecular weight excluding hydrogens is 280 g/mol. The number of hydrogen-bond donors (Lipinski definition) is 0. The molecule has 2 rings (SSSR count). The van der Waals surface area contributed by atoms with E-state index in [0.29, 0.717) is 31.5 Å². The Morgan fingerprint density at radius 1 is 1.14 bits per heavy atom. The smallest absolute Gasteiger partial charge is 0.310 e. The van der Waals surface area contributed by atoms with Crippen LogP contribution in [0.1, 0.15) is 40.0 Å². The third-order valence-electron chi connectivity index (χ3n) is 4.70. The Balaban J connectivity index is 1.85. The Morgan fingerprint density at radius 3 is 2.45 bits per heavy atom. The largest absolute Gasteiger partial charge is 0.466 e. The first kappa shape index (κ1) is 17.3. The Labute approximate surface area is 134 Å². The minimum atomic E-state index is -0.153. The molecule has 22 heavy (non-hydrogen) atoms. The van der Waals surface area contributed by atoms with Crippen LogP contribution in [0.2, 0.25) is 0 Å². The average molecular weight is 310 g/mol. The van der Waals surface area contributed by atoms with E-state index in [2.05, 4.69) is 18.7 Å². The van der Waals surface area contributed by atoms with E-state index < -0.39 is 0 Å². The van der Waals surface area contributed by atoms with Crippen molar-refractivity contribution in [1.82, 2.24) is 9.80 Å². The van der Waals surface area contributed by atoms with E-state index in [1.165, 1.54) is 6.42 Å². The summed E-state index contributed by atoms with van der Waals surface area (Å²) in [5.41, 5.74) is 0. The normalized spacial score (nSPS) is 30.1. The molecule has 2 saturated heterocycles. The number of amides is 1. The van der Waals surface area contributed by atoms with Gasteiger partial charge in [-0.3, -0.25) is 14.5 Å². The van der Waals surface area contributed by atoms with Crippen LogP contribution in [0, 0.1) is 17.8 Å². The van der Waals surface area contributed by atoms with E-state index in [9.17, 15) is 9.59 Å². The standard InChI is InChI=1S/C17H30N2O3/c1-4-22-17(21)15-6-5-7-19(11-15)16(20)12-18-9-13(2)8-14(3)10-18/h13-15H,4-12H2,1-3H3. The van der Waals surface area contributed by atoms with E-state index in [-0.39, 0.29) is 17.8 Å². The summed E-state index contributed by atoms with van der Waals surface area (Å²) >= 11 is 0. The summed E-state index contributed by atoms with van der Waals surface area (Å²) in [4.78, 5) is 28.5. The van der Waals surface area contributed by atoms with Gasteiger partial charge in [0.1, 0.15) is 0 Å². The van der Waals surface area contributed by atoms with E-state index in [0.717, 1.165) is 32.5 Å². The molecule has 5 nitrogen and oxygen atoms in total. The Hall–Kier alpha value is -1.10. The fourth-order valence-corrected chi connectivity index (χ4v) is 3.87. The minimum absolute atomic E-state index is 0.142. The molecule has 2 heterocycles. The molecule has 3 unspecified atom stereocenters. The molecule has 2 fully saturated rings. The molecule has 2 aliphatic heterocycles. The highest BCUT2D eigenvalue weighted by Gasteiger charge is 2.31. The summed E-state index contributed by atoms with van der Waals surface area (Å²) in [6.07, 6.45) is 2.97. The summed E-state index contributed by atoms with van der Waals surface area (Å²) in [7, 11) is 0. The lowest BCUT2D eigenvalue weighted by Crippen LogP contribution is -2.49. The lowest BCUT2D eigenvalue weighted by Gasteiger charge is -2.37. The van der Waals surface area contributed by atoms with Crippen molar-refractivity contribution in [1.29, 1.82) is 0 Å². The monoisotopic (exact) mass is 310 g/mol. The molecular formula is C17H30N2O3. The van der Waals surface area contributed by atoms with Crippen molar-refractivity contribution >= 4 is 11.9 Å². The van der Waals surface area contributed by atoms with Crippen molar-refractivity contribution in [3.63, 3.8) is 0 Å². The number of esters is 1. The number of hydrogen-bond acceptors (Lipinski definition) is 4. The van der Waals surface area contributed by atoms with Crippen LogP contribution in [-0.4, -0.2) is 61.0 Å². The molecule has 3 atom stereocenters. The lowest BCUT2D eigenvalue weighted by atomic mass is 9.92. The number of piperidine rings is 2. The van der Waals surface area contributed by atoms with Gasteiger partial charge in [0.2, 0.25) is 5.91 Å². The second-order valence-corrected chi connectivity index (χ2v) is 7.07. The third-order valence-corrected chi connectivity index (χ3v) is 4.70. The Bertz CT molecular complexity index is 389. The number of rotatable bonds is 4. The zero-order valence-corrected chi connectivity index (χ0v) is 14.2. The predicted octanol–water partition coefficient (Wildman–Crippen LogP) is 1.77. The molecule has 1 amide bonds. The van der Waals surface area contributed by atoms with Gasteiger partial charge in [0, 0.05) is 26.2 Å². The van der Waals surface area contributed by atoms with Crippen molar-refractivity contribution in [2.24, 2.45) is 17.8 Å². The zero-order chi connectivity index (χ0) is 16.1. The number of nitrogens with zero attached hydrogens (tertiary/aromatic N) is 2. The first-order valence-electron chi connectivity index (χ1n) is 8.66. The van der Waals surface area contributed by atoms with Crippen molar-refractivity contribution in [3.05, 3.63) is 0 Å². The van der Waals surface area contributed by atoms with Crippen LogP contribution in [0.3, 0.4) is 0 Å². The molecule has 0 aromatic heterocycles. The maximum absolute atomic E-state index is 12.5. The number of likely N-dealkylation sites (tertiary alicyclic amines) is 2. The minimum Gasteiger partial charge on any atom is -0.466 e. The molecule has 0 aromatic carbocycles. The van der Waals surface area contributed by atoms with Gasteiger partial charge in [0.05, 0.1) is 19.1 Å². The highest BCUT2D eigenvalue weighted by atomic mass is 16.5. The molecule has 0 aliphatic carbocycles. The molecule has 2 aliphatic rings. The zero-order valence-electron chi connectivity index (χ0n) is 14.2. The van der Waals surface area contributed by atoms with Crippen LogP contribution >= 0.6 is 0 Å².